The molecule has 0 aromatic rings. The molecule has 0 aliphatic rings. The van der Waals surface area contributed by atoms with Crippen LogP contribution < -0.4 is 0 Å². The highest BCUT2D eigenvalue weighted by molar-refractivity contribution is 7.80. The first-order valence-corrected chi connectivity index (χ1v) is 8.48. The molecule has 0 rings (SSSR count). The molecule has 3 nitrogen and oxygen atoms in total. The Morgan fingerprint density at radius 3 is 2.07 bits per heavy atom. The molecular formula is C10H24O3SSi. The van der Waals surface area contributed by atoms with Crippen LogP contribution in [0.1, 0.15) is 26.7 Å². The van der Waals surface area contributed by atoms with Crippen LogP contribution in [0.5, 0.6) is 0 Å². The topological polar surface area (TPSA) is 27.7 Å². The molecule has 15 heavy (non-hydrogen) atoms. The fourth-order valence-corrected chi connectivity index (χ4v) is 4.78. The smallest absolute Gasteiger partial charge is 0.364 e. The molecule has 0 radical (unpaired) electrons. The van der Waals surface area contributed by atoms with Crippen molar-refractivity contribution in [2.45, 2.75) is 32.7 Å². The summed E-state index contributed by atoms with van der Waals surface area (Å²) in [6.45, 7) is 5.43. The average Bonchev–Trinajstić information content (AvgIpc) is 2.19. The fourth-order valence-electron chi connectivity index (χ4n) is 1.59. The molecule has 0 fully saturated rings. The molecule has 0 saturated heterocycles. The quantitative estimate of drug-likeness (QED) is 0.367. The minimum absolute atomic E-state index is 0.626. The van der Waals surface area contributed by atoms with E-state index in [1.165, 1.54) is 0 Å². The van der Waals surface area contributed by atoms with Gasteiger partial charge in [0.1, 0.15) is 0 Å². The predicted octanol–water partition coefficient (Wildman–Crippen LogP) is 2.40. The van der Waals surface area contributed by atoms with Crippen LogP contribution in [0, 0.1) is 0 Å². The van der Waals surface area contributed by atoms with Gasteiger partial charge >= 0.3 is 8.56 Å². The molecule has 0 bridgehead atoms. The molecular weight excluding hydrogens is 228 g/mol. The Balaban J connectivity index is 4.18. The maximum Gasteiger partial charge on any atom is 0.364 e. The van der Waals surface area contributed by atoms with E-state index in [9.17, 15) is 0 Å². The summed E-state index contributed by atoms with van der Waals surface area (Å²) in [4.78, 5) is 0. The Labute approximate surface area is 100 Å². The summed E-state index contributed by atoms with van der Waals surface area (Å²) in [6, 6.07) is 1.00. The lowest BCUT2D eigenvalue weighted by Gasteiger charge is -2.29. The Hall–Kier alpha value is 0.447. The maximum atomic E-state index is 5.82. The highest BCUT2D eigenvalue weighted by atomic mass is 32.1. The first-order chi connectivity index (χ1) is 7.24. The molecule has 0 unspecified atom stereocenters. The first-order valence-electron chi connectivity index (χ1n) is 5.62. The Morgan fingerprint density at radius 1 is 1.07 bits per heavy atom. The summed E-state index contributed by atoms with van der Waals surface area (Å²) in [5.74, 6) is 0.926. The van der Waals surface area contributed by atoms with E-state index in [1.807, 2.05) is 13.8 Å². The van der Waals surface area contributed by atoms with Gasteiger partial charge in [0.05, 0.1) is 6.23 Å². The Bertz CT molecular complexity index is 130. The first kappa shape index (κ1) is 15.4. The number of unbranched alkanes of at least 4 members (excludes halogenated alkanes) is 1. The van der Waals surface area contributed by atoms with Crippen molar-refractivity contribution in [2.24, 2.45) is 0 Å². The monoisotopic (exact) mass is 252 g/mol. The van der Waals surface area contributed by atoms with E-state index in [2.05, 4.69) is 12.6 Å². The SMILES string of the molecule is CCO[Si](CCCCS)(COC)OCC. The van der Waals surface area contributed by atoms with Gasteiger partial charge < -0.3 is 13.6 Å². The van der Waals surface area contributed by atoms with Gasteiger partial charge in [0.25, 0.3) is 0 Å². The number of hydrogen-bond acceptors (Lipinski definition) is 4. The molecule has 0 aliphatic heterocycles. The van der Waals surface area contributed by atoms with Gasteiger partial charge in [0.2, 0.25) is 0 Å². The normalized spacial score (nSPS) is 12.0. The van der Waals surface area contributed by atoms with Crippen molar-refractivity contribution in [3.05, 3.63) is 0 Å². The van der Waals surface area contributed by atoms with Gasteiger partial charge in [-0.15, -0.1) is 0 Å². The van der Waals surface area contributed by atoms with E-state index in [1.54, 1.807) is 7.11 Å². The number of hydrogen-bond donors (Lipinski definition) is 1. The lowest BCUT2D eigenvalue weighted by Crippen LogP contribution is -2.47. The molecule has 92 valence electrons. The average molecular weight is 252 g/mol. The number of thiol groups is 1. The summed E-state index contributed by atoms with van der Waals surface area (Å²) in [7, 11) is -0.382. The fraction of sp³-hybridized carbons (Fsp3) is 1.00. The molecule has 0 aromatic heterocycles. The van der Waals surface area contributed by atoms with Crippen LogP contribution in [0.4, 0.5) is 0 Å². The largest absolute Gasteiger partial charge is 0.393 e. The van der Waals surface area contributed by atoms with Crippen molar-refractivity contribution in [1.29, 1.82) is 0 Å². The van der Waals surface area contributed by atoms with Crippen molar-refractivity contribution in [2.75, 3.05) is 32.3 Å². The number of ether oxygens (including phenoxy) is 1. The molecule has 0 atom stereocenters. The zero-order valence-corrected chi connectivity index (χ0v) is 12.0. The highest BCUT2D eigenvalue weighted by Crippen LogP contribution is 2.18. The second-order valence-corrected chi connectivity index (χ2v) is 7.03. The zero-order chi connectivity index (χ0) is 11.6. The second-order valence-electron chi connectivity index (χ2n) is 3.39. The van der Waals surface area contributed by atoms with Crippen LogP contribution >= 0.6 is 12.6 Å². The lowest BCUT2D eigenvalue weighted by molar-refractivity contribution is 0.131. The van der Waals surface area contributed by atoms with Crippen LogP contribution in [0.15, 0.2) is 0 Å². The summed E-state index contributed by atoms with van der Waals surface area (Å²) in [5, 5.41) is 0. The van der Waals surface area contributed by atoms with E-state index in [0.29, 0.717) is 19.4 Å². The summed E-state index contributed by atoms with van der Waals surface area (Å²) < 4.78 is 16.9. The third-order valence-electron chi connectivity index (χ3n) is 2.14. The summed E-state index contributed by atoms with van der Waals surface area (Å²) in [6.07, 6.45) is 2.85. The summed E-state index contributed by atoms with van der Waals surface area (Å²) >= 11 is 4.21. The van der Waals surface area contributed by atoms with Gasteiger partial charge in [0, 0.05) is 20.3 Å². The van der Waals surface area contributed by atoms with E-state index in [-0.39, 0.29) is 0 Å². The Morgan fingerprint density at radius 2 is 1.67 bits per heavy atom. The van der Waals surface area contributed by atoms with E-state index in [4.69, 9.17) is 13.6 Å². The number of rotatable bonds is 10. The molecule has 5 heteroatoms. The Kier molecular flexibility index (Phi) is 9.94. The maximum absolute atomic E-state index is 5.82. The molecule has 0 aliphatic carbocycles. The van der Waals surface area contributed by atoms with Gasteiger partial charge in [0.15, 0.2) is 0 Å². The van der Waals surface area contributed by atoms with Crippen LogP contribution in [0.25, 0.3) is 0 Å². The van der Waals surface area contributed by atoms with Crippen LogP contribution in [-0.2, 0) is 13.6 Å². The highest BCUT2D eigenvalue weighted by Gasteiger charge is 2.36. The second kappa shape index (κ2) is 9.66. The number of methoxy groups -OCH3 is 1. The standard InChI is InChI=1S/C10H24O3SSi/c1-4-12-15(10-11-3,13-5-2)9-7-6-8-14/h14H,4-10H2,1-3H3. The molecule has 0 amide bonds. The lowest BCUT2D eigenvalue weighted by atomic mass is 10.4. The van der Waals surface area contributed by atoms with E-state index < -0.39 is 8.56 Å². The van der Waals surface area contributed by atoms with Gasteiger partial charge in [-0.05, 0) is 32.1 Å². The van der Waals surface area contributed by atoms with Crippen molar-refractivity contribution >= 4 is 21.2 Å². The summed E-state index contributed by atoms with van der Waals surface area (Å²) in [5.41, 5.74) is 0. The third kappa shape index (κ3) is 6.58. The minimum atomic E-state index is -2.09. The van der Waals surface area contributed by atoms with Crippen LogP contribution in [0.3, 0.4) is 0 Å². The van der Waals surface area contributed by atoms with Crippen molar-refractivity contribution in [3.63, 3.8) is 0 Å². The van der Waals surface area contributed by atoms with Crippen LogP contribution in [-0.4, -0.2) is 40.9 Å². The molecule has 0 heterocycles. The van der Waals surface area contributed by atoms with Crippen molar-refractivity contribution in [1.82, 2.24) is 0 Å². The van der Waals surface area contributed by atoms with Crippen molar-refractivity contribution in [3.8, 4) is 0 Å². The zero-order valence-electron chi connectivity index (χ0n) is 10.1. The van der Waals surface area contributed by atoms with E-state index >= 15 is 0 Å². The van der Waals surface area contributed by atoms with Gasteiger partial charge in [-0.1, -0.05) is 6.42 Å². The van der Waals surface area contributed by atoms with Crippen LogP contribution in [0.2, 0.25) is 6.04 Å². The molecule has 0 saturated carbocycles. The predicted molar refractivity (Wildman–Crippen MR) is 68.8 cm³/mol. The molecule has 0 N–H and O–H groups in total. The minimum Gasteiger partial charge on any atom is -0.393 e. The van der Waals surface area contributed by atoms with Crippen molar-refractivity contribution < 1.29 is 13.6 Å². The molecule has 0 spiro atoms. The molecule has 0 aromatic carbocycles. The third-order valence-corrected chi connectivity index (χ3v) is 5.93. The van der Waals surface area contributed by atoms with Gasteiger partial charge in [-0.3, -0.25) is 0 Å². The van der Waals surface area contributed by atoms with E-state index in [0.717, 1.165) is 24.6 Å². The van der Waals surface area contributed by atoms with Gasteiger partial charge in [-0.2, -0.15) is 12.6 Å². The van der Waals surface area contributed by atoms with Gasteiger partial charge in [-0.25, -0.2) is 0 Å².